The van der Waals surface area contributed by atoms with Crippen LogP contribution in [0.15, 0.2) is 48.7 Å². The van der Waals surface area contributed by atoms with Crippen molar-refractivity contribution in [3.05, 3.63) is 65.6 Å². The van der Waals surface area contributed by atoms with Crippen molar-refractivity contribution < 1.29 is 9.13 Å². The molecular weight excluding hydrogens is 265 g/mol. The van der Waals surface area contributed by atoms with Gasteiger partial charge in [0.1, 0.15) is 18.2 Å². The van der Waals surface area contributed by atoms with Crippen LogP contribution in [-0.2, 0) is 13.2 Å². The summed E-state index contributed by atoms with van der Waals surface area (Å²) in [6.45, 7) is 5.39. The lowest BCUT2D eigenvalue weighted by Crippen LogP contribution is -1.96. The molecule has 0 aliphatic rings. The lowest BCUT2D eigenvalue weighted by molar-refractivity contribution is 0.305. The van der Waals surface area contributed by atoms with E-state index >= 15 is 0 Å². The van der Waals surface area contributed by atoms with E-state index in [1.165, 1.54) is 6.07 Å². The molecule has 0 amide bonds. The number of para-hydroxylation sites is 1. The molecule has 3 heteroatoms. The summed E-state index contributed by atoms with van der Waals surface area (Å²) in [7, 11) is 0. The number of hydrogen-bond donors (Lipinski definition) is 0. The van der Waals surface area contributed by atoms with Crippen molar-refractivity contribution in [1.82, 2.24) is 4.57 Å². The molecule has 0 fully saturated rings. The van der Waals surface area contributed by atoms with Gasteiger partial charge in [0.2, 0.25) is 0 Å². The molecule has 0 radical (unpaired) electrons. The first kappa shape index (κ1) is 13.7. The third kappa shape index (κ3) is 2.64. The minimum Gasteiger partial charge on any atom is -0.489 e. The Labute approximate surface area is 123 Å². The summed E-state index contributed by atoms with van der Waals surface area (Å²) in [5.74, 6) is 0.653. The molecule has 0 N–H and O–H groups in total. The Kier molecular flexibility index (Phi) is 3.65. The van der Waals surface area contributed by atoms with Crippen molar-refractivity contribution in [3.8, 4) is 5.75 Å². The normalized spacial score (nSPS) is 11.0. The minimum absolute atomic E-state index is 0.214. The zero-order chi connectivity index (χ0) is 14.8. The summed E-state index contributed by atoms with van der Waals surface area (Å²) in [5.41, 5.74) is 3.15. The number of fused-ring (bicyclic) bond motifs is 1. The molecule has 1 heterocycles. The Hall–Kier alpha value is -2.29. The quantitative estimate of drug-likeness (QED) is 0.677. The van der Waals surface area contributed by atoms with Gasteiger partial charge in [-0.3, -0.25) is 0 Å². The highest BCUT2D eigenvalue weighted by Crippen LogP contribution is 2.25. The number of aromatic nitrogens is 1. The highest BCUT2D eigenvalue weighted by Gasteiger charge is 2.10. The van der Waals surface area contributed by atoms with Gasteiger partial charge in [-0.2, -0.15) is 0 Å². The van der Waals surface area contributed by atoms with Crippen LogP contribution < -0.4 is 4.74 Å². The van der Waals surface area contributed by atoms with E-state index in [1.54, 1.807) is 6.07 Å². The Morgan fingerprint density at radius 2 is 1.95 bits per heavy atom. The van der Waals surface area contributed by atoms with Crippen molar-refractivity contribution in [1.29, 1.82) is 0 Å². The van der Waals surface area contributed by atoms with E-state index in [0.717, 1.165) is 34.3 Å². The van der Waals surface area contributed by atoms with Crippen LogP contribution in [0.5, 0.6) is 5.75 Å². The number of hydrogen-bond acceptors (Lipinski definition) is 1. The maximum Gasteiger partial charge on any atom is 0.123 e. The van der Waals surface area contributed by atoms with E-state index in [2.05, 4.69) is 11.5 Å². The lowest BCUT2D eigenvalue weighted by Gasteiger charge is -2.08. The minimum atomic E-state index is -0.214. The van der Waals surface area contributed by atoms with Crippen LogP contribution in [0.4, 0.5) is 4.39 Å². The van der Waals surface area contributed by atoms with Crippen LogP contribution in [0.3, 0.4) is 0 Å². The highest BCUT2D eigenvalue weighted by molar-refractivity contribution is 5.84. The molecule has 0 aliphatic heterocycles. The summed E-state index contributed by atoms with van der Waals surface area (Å²) in [6.07, 6.45) is 2.04. The number of benzene rings is 2. The van der Waals surface area contributed by atoms with Gasteiger partial charge in [0, 0.05) is 29.2 Å². The van der Waals surface area contributed by atoms with Gasteiger partial charge in [0.25, 0.3) is 0 Å². The predicted molar refractivity (Wildman–Crippen MR) is 83.1 cm³/mol. The van der Waals surface area contributed by atoms with Crippen LogP contribution in [-0.4, -0.2) is 4.57 Å². The molecule has 0 aliphatic carbocycles. The standard InChI is InChI=1S/C18H18FNO/c1-3-20-11-14(16-10-15(19)8-9-17(16)20)12-21-18-7-5-4-6-13(18)2/h4-11H,3,12H2,1-2H3. The maximum absolute atomic E-state index is 13.5. The first-order valence-electron chi connectivity index (χ1n) is 7.14. The van der Waals surface area contributed by atoms with Crippen LogP contribution in [0.25, 0.3) is 10.9 Å². The van der Waals surface area contributed by atoms with Gasteiger partial charge in [-0.15, -0.1) is 0 Å². The second kappa shape index (κ2) is 5.60. The number of halogens is 1. The van der Waals surface area contributed by atoms with Crippen LogP contribution in [0.2, 0.25) is 0 Å². The topological polar surface area (TPSA) is 14.2 Å². The molecule has 0 unspecified atom stereocenters. The van der Waals surface area contributed by atoms with E-state index in [9.17, 15) is 4.39 Å². The van der Waals surface area contributed by atoms with E-state index in [-0.39, 0.29) is 5.82 Å². The van der Waals surface area contributed by atoms with Gasteiger partial charge in [-0.1, -0.05) is 18.2 Å². The summed E-state index contributed by atoms with van der Waals surface area (Å²) < 4.78 is 21.5. The second-order valence-corrected chi connectivity index (χ2v) is 5.16. The van der Waals surface area contributed by atoms with Crippen molar-refractivity contribution in [2.75, 3.05) is 0 Å². The second-order valence-electron chi connectivity index (χ2n) is 5.16. The Balaban J connectivity index is 1.93. The molecule has 1 aromatic heterocycles. The van der Waals surface area contributed by atoms with Gasteiger partial charge >= 0.3 is 0 Å². The lowest BCUT2D eigenvalue weighted by atomic mass is 10.2. The van der Waals surface area contributed by atoms with Crippen molar-refractivity contribution in [2.45, 2.75) is 27.0 Å². The average molecular weight is 283 g/mol. The zero-order valence-corrected chi connectivity index (χ0v) is 12.3. The van der Waals surface area contributed by atoms with Gasteiger partial charge < -0.3 is 9.30 Å². The monoisotopic (exact) mass is 283 g/mol. The third-order valence-corrected chi connectivity index (χ3v) is 3.74. The number of rotatable bonds is 4. The first-order chi connectivity index (χ1) is 10.2. The van der Waals surface area contributed by atoms with Crippen LogP contribution in [0, 0.1) is 12.7 Å². The number of ether oxygens (including phenoxy) is 1. The van der Waals surface area contributed by atoms with Crippen molar-refractivity contribution >= 4 is 10.9 Å². The number of nitrogens with zero attached hydrogens (tertiary/aromatic N) is 1. The molecule has 3 rings (SSSR count). The van der Waals surface area contributed by atoms with Crippen LogP contribution >= 0.6 is 0 Å². The molecule has 21 heavy (non-hydrogen) atoms. The summed E-state index contributed by atoms with van der Waals surface area (Å²) >= 11 is 0. The molecule has 108 valence electrons. The SMILES string of the molecule is CCn1cc(COc2ccccc2C)c2cc(F)ccc21. The van der Waals surface area contributed by atoms with Gasteiger partial charge in [-0.25, -0.2) is 4.39 Å². The Morgan fingerprint density at radius 3 is 2.71 bits per heavy atom. The number of aryl methyl sites for hydroxylation is 2. The van der Waals surface area contributed by atoms with E-state index in [0.29, 0.717) is 6.61 Å². The van der Waals surface area contributed by atoms with Gasteiger partial charge in [0.15, 0.2) is 0 Å². The zero-order valence-electron chi connectivity index (χ0n) is 12.3. The fourth-order valence-corrected chi connectivity index (χ4v) is 2.59. The van der Waals surface area contributed by atoms with Crippen molar-refractivity contribution in [3.63, 3.8) is 0 Å². The average Bonchev–Trinajstić information content (AvgIpc) is 2.83. The molecular formula is C18H18FNO. The third-order valence-electron chi connectivity index (χ3n) is 3.74. The maximum atomic E-state index is 13.5. The van der Waals surface area contributed by atoms with E-state index in [4.69, 9.17) is 4.74 Å². The molecule has 2 nitrogen and oxygen atoms in total. The molecule has 3 aromatic rings. The summed E-state index contributed by atoms with van der Waals surface area (Å²) in [5, 5.41) is 0.922. The fraction of sp³-hybridized carbons (Fsp3) is 0.222. The van der Waals surface area contributed by atoms with E-state index < -0.39 is 0 Å². The molecule has 0 spiro atoms. The smallest absolute Gasteiger partial charge is 0.123 e. The van der Waals surface area contributed by atoms with Crippen LogP contribution in [0.1, 0.15) is 18.1 Å². The van der Waals surface area contributed by atoms with E-state index in [1.807, 2.05) is 43.5 Å². The molecule has 0 bridgehead atoms. The molecule has 0 saturated carbocycles. The summed E-state index contributed by atoms with van der Waals surface area (Å²) in [6, 6.07) is 12.8. The fourth-order valence-electron chi connectivity index (χ4n) is 2.59. The predicted octanol–water partition coefficient (Wildman–Crippen LogP) is 4.69. The molecule has 0 atom stereocenters. The highest BCUT2D eigenvalue weighted by atomic mass is 19.1. The Bertz CT molecular complexity index is 776. The largest absolute Gasteiger partial charge is 0.489 e. The Morgan fingerprint density at radius 1 is 1.14 bits per heavy atom. The van der Waals surface area contributed by atoms with Gasteiger partial charge in [0.05, 0.1) is 0 Å². The first-order valence-corrected chi connectivity index (χ1v) is 7.14. The van der Waals surface area contributed by atoms with Crippen molar-refractivity contribution in [2.24, 2.45) is 0 Å². The molecule has 0 saturated heterocycles. The molecule has 2 aromatic carbocycles. The summed E-state index contributed by atoms with van der Waals surface area (Å²) in [4.78, 5) is 0. The van der Waals surface area contributed by atoms with Gasteiger partial charge in [-0.05, 0) is 43.7 Å².